The van der Waals surface area contributed by atoms with Gasteiger partial charge in [0.25, 0.3) is 0 Å². The van der Waals surface area contributed by atoms with Gasteiger partial charge in [0.15, 0.2) is 0 Å². The van der Waals surface area contributed by atoms with Crippen molar-refractivity contribution >= 4 is 0 Å². The molecule has 1 aliphatic heterocycles. The molecule has 0 amide bonds. The summed E-state index contributed by atoms with van der Waals surface area (Å²) in [6.45, 7) is 7.67. The number of nitrogens with one attached hydrogen (secondary N) is 1. The Morgan fingerprint density at radius 1 is 0.950 bits per heavy atom. The molecule has 0 radical (unpaired) electrons. The Morgan fingerprint density at radius 3 is 2.40 bits per heavy atom. The predicted molar refractivity (Wildman–Crippen MR) is 84.8 cm³/mol. The number of hydrogen-bond donors (Lipinski definition) is 1. The smallest absolute Gasteiger partial charge is 0.0240 e. The second-order valence-corrected chi connectivity index (χ2v) is 5.55. The second kappa shape index (κ2) is 6.21. The first-order valence-corrected chi connectivity index (χ1v) is 7.41. The summed E-state index contributed by atoms with van der Waals surface area (Å²) < 4.78 is 0. The Morgan fingerprint density at radius 2 is 1.65 bits per heavy atom. The van der Waals surface area contributed by atoms with Crippen molar-refractivity contribution in [2.45, 2.75) is 13.5 Å². The standard InChI is InChI=1S/C18H22N2/c1-15-6-8-16(9-7-15)18-5-3-2-4-17(18)14-20-12-10-19-11-13-20/h2-9,19H,10-14H2,1H3. The molecule has 0 aliphatic carbocycles. The predicted octanol–water partition coefficient (Wildman–Crippen LogP) is 3.07. The highest BCUT2D eigenvalue weighted by Gasteiger charge is 2.12. The fourth-order valence-corrected chi connectivity index (χ4v) is 2.78. The average molecular weight is 266 g/mol. The van der Waals surface area contributed by atoms with Crippen LogP contribution in [0.2, 0.25) is 0 Å². The molecular weight excluding hydrogens is 244 g/mol. The molecule has 20 heavy (non-hydrogen) atoms. The maximum atomic E-state index is 3.41. The van der Waals surface area contributed by atoms with Gasteiger partial charge < -0.3 is 5.32 Å². The largest absolute Gasteiger partial charge is 0.314 e. The van der Waals surface area contributed by atoms with Crippen LogP contribution in [-0.4, -0.2) is 31.1 Å². The molecule has 104 valence electrons. The number of benzene rings is 2. The van der Waals surface area contributed by atoms with Crippen LogP contribution in [0.15, 0.2) is 48.5 Å². The number of piperazine rings is 1. The van der Waals surface area contributed by atoms with Crippen molar-refractivity contribution in [3.05, 3.63) is 59.7 Å². The summed E-state index contributed by atoms with van der Waals surface area (Å²) in [7, 11) is 0. The maximum Gasteiger partial charge on any atom is 0.0240 e. The molecule has 0 aromatic heterocycles. The van der Waals surface area contributed by atoms with Crippen molar-refractivity contribution in [1.29, 1.82) is 0 Å². The molecule has 0 bridgehead atoms. The first-order chi connectivity index (χ1) is 9.83. The third-order valence-corrected chi connectivity index (χ3v) is 3.98. The lowest BCUT2D eigenvalue weighted by Crippen LogP contribution is -2.42. The minimum Gasteiger partial charge on any atom is -0.314 e. The molecule has 0 spiro atoms. The Labute approximate surface area is 121 Å². The van der Waals surface area contributed by atoms with Gasteiger partial charge in [-0.2, -0.15) is 0 Å². The normalized spacial score (nSPS) is 16.2. The minimum absolute atomic E-state index is 1.05. The van der Waals surface area contributed by atoms with Crippen molar-refractivity contribution in [1.82, 2.24) is 10.2 Å². The van der Waals surface area contributed by atoms with E-state index in [-0.39, 0.29) is 0 Å². The van der Waals surface area contributed by atoms with Crippen LogP contribution < -0.4 is 5.32 Å². The van der Waals surface area contributed by atoms with Crippen molar-refractivity contribution in [3.8, 4) is 11.1 Å². The molecule has 2 aromatic rings. The molecule has 0 atom stereocenters. The summed E-state index contributed by atoms with van der Waals surface area (Å²) in [5.74, 6) is 0. The van der Waals surface area contributed by atoms with E-state index in [1.807, 2.05) is 0 Å². The third-order valence-electron chi connectivity index (χ3n) is 3.98. The van der Waals surface area contributed by atoms with Crippen LogP contribution in [0.1, 0.15) is 11.1 Å². The fourth-order valence-electron chi connectivity index (χ4n) is 2.78. The van der Waals surface area contributed by atoms with E-state index in [0.29, 0.717) is 0 Å². The van der Waals surface area contributed by atoms with Gasteiger partial charge in [-0.25, -0.2) is 0 Å². The zero-order valence-corrected chi connectivity index (χ0v) is 12.1. The highest BCUT2D eigenvalue weighted by molar-refractivity contribution is 5.67. The molecule has 1 N–H and O–H groups in total. The molecule has 2 aromatic carbocycles. The summed E-state index contributed by atoms with van der Waals surface area (Å²) in [4.78, 5) is 2.53. The second-order valence-electron chi connectivity index (χ2n) is 5.55. The maximum absolute atomic E-state index is 3.41. The van der Waals surface area contributed by atoms with Gasteiger partial charge in [-0.3, -0.25) is 4.90 Å². The van der Waals surface area contributed by atoms with Gasteiger partial charge in [0.2, 0.25) is 0 Å². The molecule has 1 heterocycles. The topological polar surface area (TPSA) is 15.3 Å². The number of hydrogen-bond acceptors (Lipinski definition) is 2. The quantitative estimate of drug-likeness (QED) is 0.918. The van der Waals surface area contributed by atoms with Crippen molar-refractivity contribution < 1.29 is 0 Å². The number of nitrogens with zero attached hydrogens (tertiary/aromatic N) is 1. The molecule has 3 rings (SSSR count). The van der Waals surface area contributed by atoms with Crippen LogP contribution in [-0.2, 0) is 6.54 Å². The Hall–Kier alpha value is -1.64. The van der Waals surface area contributed by atoms with Gasteiger partial charge >= 0.3 is 0 Å². The molecule has 1 saturated heterocycles. The highest BCUT2D eigenvalue weighted by atomic mass is 15.2. The van der Waals surface area contributed by atoms with E-state index in [1.54, 1.807) is 0 Å². The van der Waals surface area contributed by atoms with E-state index in [2.05, 4.69) is 65.7 Å². The summed E-state index contributed by atoms with van der Waals surface area (Å²) >= 11 is 0. The Kier molecular flexibility index (Phi) is 4.14. The van der Waals surface area contributed by atoms with Gasteiger partial charge in [0.1, 0.15) is 0 Å². The van der Waals surface area contributed by atoms with Gasteiger partial charge in [-0.15, -0.1) is 0 Å². The van der Waals surface area contributed by atoms with Crippen molar-refractivity contribution in [2.24, 2.45) is 0 Å². The van der Waals surface area contributed by atoms with E-state index in [9.17, 15) is 0 Å². The van der Waals surface area contributed by atoms with Crippen LogP contribution in [0.25, 0.3) is 11.1 Å². The molecule has 2 heteroatoms. The molecule has 0 saturated carbocycles. The summed E-state index contributed by atoms with van der Waals surface area (Å²) in [5.41, 5.74) is 5.43. The van der Waals surface area contributed by atoms with Gasteiger partial charge in [-0.1, -0.05) is 54.1 Å². The van der Waals surface area contributed by atoms with Crippen LogP contribution in [0.4, 0.5) is 0 Å². The van der Waals surface area contributed by atoms with E-state index < -0.39 is 0 Å². The molecule has 2 nitrogen and oxygen atoms in total. The summed E-state index contributed by atoms with van der Waals surface area (Å²) in [5, 5.41) is 3.41. The zero-order valence-electron chi connectivity index (χ0n) is 12.1. The van der Waals surface area contributed by atoms with E-state index in [0.717, 1.165) is 32.7 Å². The summed E-state index contributed by atoms with van der Waals surface area (Å²) in [6, 6.07) is 17.6. The monoisotopic (exact) mass is 266 g/mol. The van der Waals surface area contributed by atoms with E-state index >= 15 is 0 Å². The van der Waals surface area contributed by atoms with E-state index in [1.165, 1.54) is 22.3 Å². The van der Waals surface area contributed by atoms with Gasteiger partial charge in [0, 0.05) is 32.7 Å². The Balaban J connectivity index is 1.85. The molecule has 1 fully saturated rings. The van der Waals surface area contributed by atoms with Crippen molar-refractivity contribution in [2.75, 3.05) is 26.2 Å². The number of rotatable bonds is 3. The minimum atomic E-state index is 1.05. The van der Waals surface area contributed by atoms with E-state index in [4.69, 9.17) is 0 Å². The van der Waals surface area contributed by atoms with Crippen molar-refractivity contribution in [3.63, 3.8) is 0 Å². The zero-order chi connectivity index (χ0) is 13.8. The molecular formula is C18H22N2. The SMILES string of the molecule is Cc1ccc(-c2ccccc2CN2CCNCC2)cc1. The lowest BCUT2D eigenvalue weighted by atomic mass is 9.98. The highest BCUT2D eigenvalue weighted by Crippen LogP contribution is 2.25. The van der Waals surface area contributed by atoms with Gasteiger partial charge in [-0.05, 0) is 23.6 Å². The van der Waals surface area contributed by atoms with Crippen LogP contribution in [0.3, 0.4) is 0 Å². The summed E-state index contributed by atoms with van der Waals surface area (Å²) in [6.07, 6.45) is 0. The fraction of sp³-hybridized carbons (Fsp3) is 0.333. The molecule has 0 unspecified atom stereocenters. The third kappa shape index (κ3) is 3.09. The molecule has 1 aliphatic rings. The first-order valence-electron chi connectivity index (χ1n) is 7.41. The van der Waals surface area contributed by atoms with Crippen LogP contribution >= 0.6 is 0 Å². The number of aryl methyl sites for hydroxylation is 1. The van der Waals surface area contributed by atoms with Gasteiger partial charge in [0.05, 0.1) is 0 Å². The van der Waals surface area contributed by atoms with Crippen LogP contribution in [0.5, 0.6) is 0 Å². The average Bonchev–Trinajstić information content (AvgIpc) is 2.50. The van der Waals surface area contributed by atoms with Crippen LogP contribution in [0, 0.1) is 6.92 Å². The lowest BCUT2D eigenvalue weighted by Gasteiger charge is -2.28. The Bertz CT molecular complexity index is 554. The lowest BCUT2D eigenvalue weighted by molar-refractivity contribution is 0.233. The first kappa shape index (κ1) is 13.3.